The topological polar surface area (TPSA) is 8.17 Å². The molecule has 53 heavy (non-hydrogen) atoms. The van der Waals surface area contributed by atoms with E-state index in [0.717, 1.165) is 0 Å². The molecule has 11 rings (SSSR count). The van der Waals surface area contributed by atoms with Crippen LogP contribution < -0.4 is 26.2 Å². The Morgan fingerprint density at radius 1 is 0.604 bits per heavy atom. The molecule has 3 aliphatic heterocycles. The molecule has 0 saturated carbocycles. The lowest BCUT2D eigenvalue weighted by atomic mass is 9.44. The Kier molecular flexibility index (Phi) is 5.77. The Labute approximate surface area is 315 Å². The first kappa shape index (κ1) is 31.7. The predicted octanol–water partition coefficient (Wildman–Crippen LogP) is 10.2. The van der Waals surface area contributed by atoms with Crippen molar-refractivity contribution in [3.05, 3.63) is 125 Å². The molecule has 0 unspecified atom stereocenters. The van der Waals surface area contributed by atoms with Gasteiger partial charge in [0.1, 0.15) is 8.07 Å². The molecule has 0 saturated heterocycles. The lowest BCUT2D eigenvalue weighted by molar-refractivity contribution is 0.590. The van der Waals surface area contributed by atoms with Crippen molar-refractivity contribution >= 4 is 75.1 Å². The van der Waals surface area contributed by atoms with Crippen molar-refractivity contribution in [1.29, 1.82) is 0 Å². The van der Waals surface area contributed by atoms with Crippen molar-refractivity contribution in [2.75, 3.05) is 4.90 Å². The summed E-state index contributed by atoms with van der Waals surface area (Å²) < 4.78 is 2.77. The summed E-state index contributed by atoms with van der Waals surface area (Å²) in [5.74, 6) is 0. The first-order chi connectivity index (χ1) is 25.1. The zero-order chi connectivity index (χ0) is 36.7. The average molecular weight is 703 g/mol. The van der Waals surface area contributed by atoms with E-state index >= 15 is 0 Å². The molecule has 6 aromatic carbocycles. The highest BCUT2D eigenvalue weighted by atomic mass is 28.3. The lowest BCUT2D eigenvalue weighted by Gasteiger charge is -2.49. The fraction of sp³-hybridized carbons (Fsp3) is 0.265. The molecule has 0 spiro atoms. The van der Waals surface area contributed by atoms with Gasteiger partial charge in [-0.3, -0.25) is 0 Å². The summed E-state index contributed by atoms with van der Waals surface area (Å²) >= 11 is 0. The number of hydrogen-bond acceptors (Lipinski definition) is 1. The number of hydrogen-bond donors (Lipinski definition) is 0. The third-order valence-corrected chi connectivity index (χ3v) is 17.1. The van der Waals surface area contributed by atoms with E-state index in [4.69, 9.17) is 0 Å². The van der Waals surface area contributed by atoms with Crippen LogP contribution in [0.15, 0.2) is 103 Å². The zero-order valence-electron chi connectivity index (χ0n) is 32.8. The second-order valence-corrected chi connectivity index (χ2v) is 23.8. The minimum atomic E-state index is -2.05. The van der Waals surface area contributed by atoms with E-state index in [1.54, 1.807) is 5.19 Å². The van der Waals surface area contributed by atoms with Crippen LogP contribution in [0.1, 0.15) is 77.6 Å². The number of rotatable bonds is 0. The Morgan fingerprint density at radius 3 is 2.08 bits per heavy atom. The van der Waals surface area contributed by atoms with Gasteiger partial charge in [0.25, 0.3) is 0 Å². The van der Waals surface area contributed by atoms with Crippen molar-refractivity contribution in [2.24, 2.45) is 0 Å². The van der Waals surface area contributed by atoms with Gasteiger partial charge in [-0.2, -0.15) is 0 Å². The quantitative estimate of drug-likeness (QED) is 0.143. The van der Waals surface area contributed by atoms with Gasteiger partial charge >= 0.3 is 6.85 Å². The van der Waals surface area contributed by atoms with Crippen LogP contribution in [0.2, 0.25) is 13.1 Å². The highest BCUT2D eigenvalue weighted by Gasteiger charge is 2.52. The maximum absolute atomic E-state index is 2.77. The van der Waals surface area contributed by atoms with E-state index in [1.807, 2.05) is 0 Å². The number of anilines is 3. The van der Waals surface area contributed by atoms with Crippen molar-refractivity contribution < 1.29 is 0 Å². The van der Waals surface area contributed by atoms with Gasteiger partial charge in [-0.1, -0.05) is 135 Å². The molecular formula is C49H47BN2Si. The average Bonchev–Trinajstić information content (AvgIpc) is 3.56. The van der Waals surface area contributed by atoms with E-state index in [9.17, 15) is 0 Å². The molecule has 4 aliphatic rings. The molecule has 0 atom stereocenters. The Hall–Kier alpha value is -4.80. The third-order valence-electron chi connectivity index (χ3n) is 13.6. The van der Waals surface area contributed by atoms with Crippen LogP contribution in [-0.4, -0.2) is 19.4 Å². The van der Waals surface area contributed by atoms with Crippen molar-refractivity contribution in [1.82, 2.24) is 4.48 Å². The van der Waals surface area contributed by atoms with Crippen LogP contribution in [0.4, 0.5) is 17.1 Å². The summed E-state index contributed by atoms with van der Waals surface area (Å²) in [5.41, 5.74) is 20.9. The molecule has 7 aromatic rings. The zero-order valence-corrected chi connectivity index (χ0v) is 33.8. The molecule has 4 heteroatoms. The standard InChI is InChI=1S/C49H47BN2Si/c1-47(2,3)28-22-23-38-31(24-28)34-25-29(48(4,5)6)26-35-33-27-32-30-16-11-12-17-36(30)49(7,8)42(32)46-43(33)50(52(38)44(34)35)37-18-15-21-41-45(37)51(46)39-19-13-14-20-40(39)53(41,9)10/h11-27H,1-10H3. The van der Waals surface area contributed by atoms with Gasteiger partial charge in [0.2, 0.25) is 0 Å². The van der Waals surface area contributed by atoms with Gasteiger partial charge in [0, 0.05) is 49.8 Å². The maximum atomic E-state index is 2.77. The number of nitrogens with zero attached hydrogens (tertiary/aromatic N) is 2. The van der Waals surface area contributed by atoms with Crippen molar-refractivity contribution in [3.8, 4) is 22.3 Å². The van der Waals surface area contributed by atoms with Gasteiger partial charge in [0.05, 0.1) is 0 Å². The molecule has 2 nitrogen and oxygen atoms in total. The first-order valence-electron chi connectivity index (χ1n) is 19.6. The fourth-order valence-electron chi connectivity index (χ4n) is 10.9. The molecule has 0 amide bonds. The number of fused-ring (bicyclic) bond motifs is 13. The molecule has 0 bridgehead atoms. The van der Waals surface area contributed by atoms with Gasteiger partial charge < -0.3 is 9.38 Å². The fourth-order valence-corrected chi connectivity index (χ4v) is 13.9. The van der Waals surface area contributed by atoms with Crippen LogP contribution in [0.3, 0.4) is 0 Å². The second kappa shape index (κ2) is 9.65. The lowest BCUT2D eigenvalue weighted by Crippen LogP contribution is -2.65. The van der Waals surface area contributed by atoms with Crippen molar-refractivity contribution in [3.63, 3.8) is 0 Å². The minimum Gasteiger partial charge on any atom is -0.375 e. The third kappa shape index (κ3) is 3.76. The minimum absolute atomic E-state index is 0.00744. The largest absolute Gasteiger partial charge is 0.375 e. The Morgan fingerprint density at radius 2 is 1.30 bits per heavy atom. The van der Waals surface area contributed by atoms with Crippen molar-refractivity contribution in [2.45, 2.75) is 84.7 Å². The van der Waals surface area contributed by atoms with Gasteiger partial charge in [-0.05, 0) is 107 Å². The van der Waals surface area contributed by atoms with E-state index in [0.29, 0.717) is 0 Å². The highest BCUT2D eigenvalue weighted by molar-refractivity contribution is 7.04. The summed E-state index contributed by atoms with van der Waals surface area (Å²) in [7, 11) is -2.05. The summed E-state index contributed by atoms with van der Waals surface area (Å²) in [6.45, 7) is 24.3. The molecular weight excluding hydrogens is 655 g/mol. The predicted molar refractivity (Wildman–Crippen MR) is 232 cm³/mol. The van der Waals surface area contributed by atoms with Gasteiger partial charge in [0.15, 0.2) is 0 Å². The van der Waals surface area contributed by atoms with Crippen LogP contribution in [0, 0.1) is 0 Å². The van der Waals surface area contributed by atoms with Crippen LogP contribution in [0.5, 0.6) is 0 Å². The van der Waals surface area contributed by atoms with Gasteiger partial charge in [-0.15, -0.1) is 0 Å². The van der Waals surface area contributed by atoms with Gasteiger partial charge in [-0.25, -0.2) is 0 Å². The Bertz CT molecular complexity index is 2820. The molecule has 1 aliphatic carbocycles. The molecule has 4 heterocycles. The number of para-hydroxylation sites is 2. The summed E-state index contributed by atoms with van der Waals surface area (Å²) in [5, 5.41) is 5.83. The highest BCUT2D eigenvalue weighted by Crippen LogP contribution is 2.57. The number of aromatic nitrogens is 1. The Balaban J connectivity index is 1.40. The summed E-state index contributed by atoms with van der Waals surface area (Å²) in [6.07, 6.45) is 0. The van der Waals surface area contributed by atoms with Crippen LogP contribution in [-0.2, 0) is 16.2 Å². The maximum Gasteiger partial charge on any atom is 0.333 e. The molecule has 0 radical (unpaired) electrons. The smallest absolute Gasteiger partial charge is 0.333 e. The first-order valence-corrected chi connectivity index (χ1v) is 22.6. The monoisotopic (exact) mass is 702 g/mol. The van der Waals surface area contributed by atoms with Crippen LogP contribution >= 0.6 is 0 Å². The summed E-state index contributed by atoms with van der Waals surface area (Å²) in [6, 6.07) is 40.9. The molecule has 0 fully saturated rings. The SMILES string of the molecule is CC(C)(C)c1ccc2c(c1)c1cc(C(C)(C)C)cc3c1n2B1c2cccc4c2N(c2ccccc2[Si]4(C)C)c2c1c-3cc1c2C(C)(C)c2ccccc2-1. The van der Waals surface area contributed by atoms with E-state index in [2.05, 4.69) is 181 Å². The second-order valence-electron chi connectivity index (χ2n) is 19.4. The molecule has 260 valence electrons. The van der Waals surface area contributed by atoms with E-state index in [-0.39, 0.29) is 23.1 Å². The van der Waals surface area contributed by atoms with E-state index in [1.165, 1.54) is 99.5 Å². The number of benzene rings is 6. The van der Waals surface area contributed by atoms with Crippen LogP contribution in [0.25, 0.3) is 44.1 Å². The molecule has 1 aromatic heterocycles. The van der Waals surface area contributed by atoms with E-state index < -0.39 is 8.07 Å². The molecule has 0 N–H and O–H groups in total. The summed E-state index contributed by atoms with van der Waals surface area (Å²) in [4.78, 5) is 2.75. The normalized spacial score (nSPS) is 16.7.